The number of hydrogen-bond donors (Lipinski definition) is 2. The summed E-state index contributed by atoms with van der Waals surface area (Å²) >= 11 is 0. The molecule has 0 radical (unpaired) electrons. The van der Waals surface area contributed by atoms with Gasteiger partial charge in [0.15, 0.2) is 0 Å². The predicted octanol–water partition coefficient (Wildman–Crippen LogP) is 3.61. The molecule has 0 bridgehead atoms. The van der Waals surface area contributed by atoms with E-state index in [2.05, 4.69) is 24.3 Å². The third kappa shape index (κ3) is 3.64. The van der Waals surface area contributed by atoms with Crippen molar-refractivity contribution in [3.8, 4) is 5.69 Å². The lowest BCUT2D eigenvalue weighted by Crippen LogP contribution is -2.14. The maximum atomic E-state index is 12.5. The molecule has 130 valence electrons. The first-order chi connectivity index (χ1) is 12.0. The highest BCUT2D eigenvalue weighted by atomic mass is 16.3. The summed E-state index contributed by atoms with van der Waals surface area (Å²) in [6, 6.07) is 11.5. The molecule has 6 heteroatoms. The molecular formula is C19H22N4O2. The van der Waals surface area contributed by atoms with E-state index in [4.69, 9.17) is 10.2 Å². The molecule has 6 nitrogen and oxygen atoms in total. The van der Waals surface area contributed by atoms with Gasteiger partial charge in [0.1, 0.15) is 17.8 Å². The Morgan fingerprint density at radius 3 is 2.60 bits per heavy atom. The van der Waals surface area contributed by atoms with Crippen molar-refractivity contribution >= 4 is 11.7 Å². The molecule has 3 aromatic rings. The van der Waals surface area contributed by atoms with Crippen molar-refractivity contribution in [3.05, 3.63) is 65.2 Å². The van der Waals surface area contributed by atoms with Crippen LogP contribution in [0.25, 0.3) is 5.69 Å². The molecule has 0 aliphatic heterocycles. The van der Waals surface area contributed by atoms with Crippen LogP contribution < -0.4 is 11.1 Å². The molecule has 0 saturated carbocycles. The number of anilines is 1. The summed E-state index contributed by atoms with van der Waals surface area (Å²) in [6.45, 7) is 6.42. The zero-order valence-electron chi connectivity index (χ0n) is 14.6. The minimum absolute atomic E-state index is 0.250. The molecule has 0 fully saturated rings. The first kappa shape index (κ1) is 17.0. The van der Waals surface area contributed by atoms with E-state index in [0.717, 1.165) is 11.4 Å². The molecule has 3 rings (SSSR count). The molecule has 1 aromatic carbocycles. The fourth-order valence-corrected chi connectivity index (χ4v) is 2.45. The maximum Gasteiger partial charge on any atom is 0.260 e. The summed E-state index contributed by atoms with van der Waals surface area (Å²) < 4.78 is 6.98. The van der Waals surface area contributed by atoms with Crippen LogP contribution in [0, 0.1) is 6.92 Å². The summed E-state index contributed by atoms with van der Waals surface area (Å²) in [5.41, 5.74) is 8.92. The van der Waals surface area contributed by atoms with Gasteiger partial charge in [-0.1, -0.05) is 31.5 Å². The lowest BCUT2D eigenvalue weighted by molar-refractivity contribution is 0.102. The van der Waals surface area contributed by atoms with E-state index in [1.165, 1.54) is 11.8 Å². The van der Waals surface area contributed by atoms with Gasteiger partial charge in [-0.3, -0.25) is 4.79 Å². The maximum absolute atomic E-state index is 12.5. The number of aryl methyl sites for hydroxylation is 1. The average Bonchev–Trinajstić information content (AvgIpc) is 3.22. The van der Waals surface area contributed by atoms with Gasteiger partial charge in [-0.25, -0.2) is 4.68 Å². The Bertz CT molecular complexity index is 875. The molecular weight excluding hydrogens is 316 g/mol. The monoisotopic (exact) mass is 338 g/mol. The summed E-state index contributed by atoms with van der Waals surface area (Å²) in [5, 5.41) is 7.55. The van der Waals surface area contributed by atoms with Gasteiger partial charge in [-0.2, -0.15) is 5.10 Å². The molecule has 0 spiro atoms. The first-order valence-electron chi connectivity index (χ1n) is 8.23. The second-order valence-corrected chi connectivity index (χ2v) is 6.32. The van der Waals surface area contributed by atoms with Crippen molar-refractivity contribution in [3.63, 3.8) is 0 Å². The van der Waals surface area contributed by atoms with E-state index in [-0.39, 0.29) is 18.4 Å². The highest BCUT2D eigenvalue weighted by Gasteiger charge is 2.16. The molecule has 0 aliphatic rings. The van der Waals surface area contributed by atoms with Gasteiger partial charge >= 0.3 is 0 Å². The highest BCUT2D eigenvalue weighted by molar-refractivity contribution is 6.03. The van der Waals surface area contributed by atoms with Crippen molar-refractivity contribution in [1.82, 2.24) is 9.78 Å². The zero-order valence-corrected chi connectivity index (χ0v) is 14.6. The van der Waals surface area contributed by atoms with Crippen molar-refractivity contribution in [2.24, 2.45) is 5.73 Å². The highest BCUT2D eigenvalue weighted by Crippen LogP contribution is 2.23. The normalized spacial score (nSPS) is 11.1. The lowest BCUT2D eigenvalue weighted by atomic mass is 10.1. The van der Waals surface area contributed by atoms with Crippen molar-refractivity contribution in [2.75, 3.05) is 5.32 Å². The third-order valence-corrected chi connectivity index (χ3v) is 3.96. The number of rotatable bonds is 5. The van der Waals surface area contributed by atoms with Crippen LogP contribution in [0.1, 0.15) is 47.1 Å². The Balaban J connectivity index is 1.94. The van der Waals surface area contributed by atoms with Gasteiger partial charge < -0.3 is 15.5 Å². The number of benzene rings is 1. The molecule has 2 aromatic heterocycles. The molecule has 3 N–H and O–H groups in total. The number of hydrogen-bond acceptors (Lipinski definition) is 4. The number of amides is 1. The third-order valence-electron chi connectivity index (χ3n) is 3.96. The topological polar surface area (TPSA) is 86.1 Å². The summed E-state index contributed by atoms with van der Waals surface area (Å²) in [6.07, 6.45) is 1.41. The molecule has 1 amide bonds. The molecule has 25 heavy (non-hydrogen) atoms. The van der Waals surface area contributed by atoms with Crippen LogP contribution >= 0.6 is 0 Å². The fourth-order valence-electron chi connectivity index (χ4n) is 2.45. The number of carbonyl (C=O) groups is 1. The Hall–Kier alpha value is -2.86. The number of carbonyl (C=O) groups excluding carboxylic acids is 1. The van der Waals surface area contributed by atoms with Gasteiger partial charge in [0.05, 0.1) is 23.5 Å². The van der Waals surface area contributed by atoms with Gasteiger partial charge in [0, 0.05) is 6.07 Å². The van der Waals surface area contributed by atoms with E-state index in [0.29, 0.717) is 17.1 Å². The van der Waals surface area contributed by atoms with Crippen molar-refractivity contribution < 1.29 is 9.21 Å². The minimum Gasteiger partial charge on any atom is -0.467 e. The average molecular weight is 338 g/mol. The first-order valence-corrected chi connectivity index (χ1v) is 8.23. The standard InChI is InChI=1S/C19H22N4O2/c1-12(2)17-9-18(21-19(24)14-8-16(10-20)25-11-14)23(22-17)15-6-4-13(3)5-7-15/h4-9,11-12H,10,20H2,1-3H3,(H,21,24). The van der Waals surface area contributed by atoms with Crippen molar-refractivity contribution in [2.45, 2.75) is 33.2 Å². The molecule has 0 atom stereocenters. The zero-order chi connectivity index (χ0) is 18.0. The molecule has 0 saturated heterocycles. The number of furan rings is 1. The largest absolute Gasteiger partial charge is 0.467 e. The Morgan fingerprint density at radius 1 is 1.28 bits per heavy atom. The second-order valence-electron chi connectivity index (χ2n) is 6.32. The molecule has 0 unspecified atom stereocenters. The smallest absolute Gasteiger partial charge is 0.260 e. The van der Waals surface area contributed by atoms with E-state index in [1.54, 1.807) is 10.7 Å². The molecule has 0 aliphatic carbocycles. The SMILES string of the molecule is Cc1ccc(-n2nc(C(C)C)cc2NC(=O)c2coc(CN)c2)cc1. The number of nitrogens with one attached hydrogen (secondary N) is 1. The summed E-state index contributed by atoms with van der Waals surface area (Å²) in [5.74, 6) is 1.18. The number of aromatic nitrogens is 2. The Labute approximate surface area is 146 Å². The van der Waals surface area contributed by atoms with E-state index < -0.39 is 0 Å². The minimum atomic E-state index is -0.257. The summed E-state index contributed by atoms with van der Waals surface area (Å²) in [4.78, 5) is 12.5. The van der Waals surface area contributed by atoms with E-state index in [9.17, 15) is 4.79 Å². The van der Waals surface area contributed by atoms with E-state index in [1.807, 2.05) is 37.3 Å². The van der Waals surface area contributed by atoms with Crippen LogP contribution in [0.2, 0.25) is 0 Å². The van der Waals surface area contributed by atoms with Crippen LogP contribution in [0.5, 0.6) is 0 Å². The van der Waals surface area contributed by atoms with Gasteiger partial charge in [-0.15, -0.1) is 0 Å². The predicted molar refractivity (Wildman–Crippen MR) is 96.9 cm³/mol. The van der Waals surface area contributed by atoms with Crippen LogP contribution in [0.3, 0.4) is 0 Å². The number of nitrogens with zero attached hydrogens (tertiary/aromatic N) is 2. The molecule has 2 heterocycles. The quantitative estimate of drug-likeness (QED) is 0.744. The Kier molecular flexibility index (Phi) is 4.72. The lowest BCUT2D eigenvalue weighted by Gasteiger charge is -2.08. The second kappa shape index (κ2) is 6.94. The van der Waals surface area contributed by atoms with Gasteiger partial charge in [-0.05, 0) is 31.0 Å². The van der Waals surface area contributed by atoms with Crippen molar-refractivity contribution in [1.29, 1.82) is 0 Å². The Morgan fingerprint density at radius 2 is 2.00 bits per heavy atom. The van der Waals surface area contributed by atoms with Crippen LogP contribution in [-0.2, 0) is 6.54 Å². The van der Waals surface area contributed by atoms with Gasteiger partial charge in [0.2, 0.25) is 0 Å². The fraction of sp³-hybridized carbons (Fsp3) is 0.263. The summed E-state index contributed by atoms with van der Waals surface area (Å²) in [7, 11) is 0. The van der Waals surface area contributed by atoms with Gasteiger partial charge in [0.25, 0.3) is 5.91 Å². The number of nitrogens with two attached hydrogens (primary N) is 1. The van der Waals surface area contributed by atoms with Crippen LogP contribution in [0.4, 0.5) is 5.82 Å². The van der Waals surface area contributed by atoms with Crippen LogP contribution in [-0.4, -0.2) is 15.7 Å². The van der Waals surface area contributed by atoms with Crippen LogP contribution in [0.15, 0.2) is 47.1 Å². The van der Waals surface area contributed by atoms with E-state index >= 15 is 0 Å².